The zero-order valence-electron chi connectivity index (χ0n) is 17.5. The average molecular weight is 430 g/mol. The topological polar surface area (TPSA) is 97.5 Å². The Labute approximate surface area is 179 Å². The van der Waals surface area contributed by atoms with Gasteiger partial charge in [-0.05, 0) is 40.2 Å². The maximum Gasteiger partial charge on any atom is 0.321 e. The molecule has 0 radical (unpaired) electrons. The lowest BCUT2D eigenvalue weighted by molar-refractivity contribution is 0.0454. The van der Waals surface area contributed by atoms with Crippen molar-refractivity contribution < 1.29 is 9.59 Å². The number of nitrogens with zero attached hydrogens (tertiary/aromatic N) is 5. The molecule has 30 heavy (non-hydrogen) atoms. The third-order valence-electron chi connectivity index (χ3n) is 6.78. The van der Waals surface area contributed by atoms with E-state index in [0.717, 1.165) is 37.3 Å². The number of piperazine rings is 1. The molecule has 0 unspecified atom stereocenters. The van der Waals surface area contributed by atoms with E-state index in [1.165, 1.54) is 17.8 Å². The second kappa shape index (κ2) is 7.05. The summed E-state index contributed by atoms with van der Waals surface area (Å²) in [7, 11) is 0. The van der Waals surface area contributed by atoms with Gasteiger partial charge >= 0.3 is 6.03 Å². The summed E-state index contributed by atoms with van der Waals surface area (Å²) >= 11 is 1.37. The summed E-state index contributed by atoms with van der Waals surface area (Å²) in [5, 5.41) is 11.9. The Morgan fingerprint density at radius 1 is 1.33 bits per heavy atom. The minimum Gasteiger partial charge on any atom is -0.319 e. The van der Waals surface area contributed by atoms with E-state index in [4.69, 9.17) is 0 Å². The molecule has 0 saturated carbocycles. The molecule has 2 aromatic rings. The number of carbonyl (C=O) groups is 2. The lowest BCUT2D eigenvalue weighted by Crippen LogP contribution is -2.60. The van der Waals surface area contributed by atoms with E-state index in [9.17, 15) is 9.59 Å². The highest BCUT2D eigenvalue weighted by molar-refractivity contribution is 7.07. The minimum atomic E-state index is -0.532. The number of hydrogen-bond acceptors (Lipinski definition) is 6. The first-order valence-electron chi connectivity index (χ1n) is 10.5. The predicted molar refractivity (Wildman–Crippen MR) is 113 cm³/mol. The Morgan fingerprint density at radius 3 is 2.93 bits per heavy atom. The summed E-state index contributed by atoms with van der Waals surface area (Å²) in [4.78, 5) is 36.5. The molecule has 2 fully saturated rings. The van der Waals surface area contributed by atoms with E-state index in [1.807, 2.05) is 23.6 Å². The summed E-state index contributed by atoms with van der Waals surface area (Å²) in [6.07, 6.45) is 2.38. The van der Waals surface area contributed by atoms with Gasteiger partial charge in [-0.3, -0.25) is 14.8 Å². The van der Waals surface area contributed by atoms with Gasteiger partial charge in [0.05, 0.1) is 23.3 Å². The lowest BCUT2D eigenvalue weighted by Gasteiger charge is -2.45. The third-order valence-corrected chi connectivity index (χ3v) is 7.37. The van der Waals surface area contributed by atoms with Crippen LogP contribution in [0.5, 0.6) is 0 Å². The van der Waals surface area contributed by atoms with Crippen molar-refractivity contribution in [2.45, 2.75) is 57.8 Å². The zero-order valence-corrected chi connectivity index (χ0v) is 18.3. The van der Waals surface area contributed by atoms with Crippen LogP contribution in [0, 0.1) is 0 Å². The van der Waals surface area contributed by atoms with E-state index in [2.05, 4.69) is 32.3 Å². The number of aromatic amines is 1. The van der Waals surface area contributed by atoms with Gasteiger partial charge in [-0.2, -0.15) is 5.10 Å². The van der Waals surface area contributed by atoms with Gasteiger partial charge in [0.15, 0.2) is 5.82 Å². The second-order valence-corrected chi connectivity index (χ2v) is 9.69. The van der Waals surface area contributed by atoms with Crippen LogP contribution in [-0.4, -0.2) is 73.5 Å². The van der Waals surface area contributed by atoms with Crippen molar-refractivity contribution >= 4 is 29.1 Å². The van der Waals surface area contributed by atoms with E-state index >= 15 is 0 Å². The first-order valence-corrected chi connectivity index (χ1v) is 11.4. The Hall–Kier alpha value is -2.46. The fraction of sp³-hybridized carbons (Fsp3) is 0.600. The van der Waals surface area contributed by atoms with Crippen molar-refractivity contribution in [2.24, 2.45) is 0 Å². The van der Waals surface area contributed by atoms with Crippen molar-refractivity contribution in [2.75, 3.05) is 25.0 Å². The van der Waals surface area contributed by atoms with Gasteiger partial charge in [-0.25, -0.2) is 9.78 Å². The van der Waals surface area contributed by atoms with Crippen LogP contribution in [0.2, 0.25) is 0 Å². The lowest BCUT2D eigenvalue weighted by atomic mass is 10.0. The number of nitrogens with one attached hydrogen (secondary N) is 2. The van der Waals surface area contributed by atoms with Crippen LogP contribution in [0.15, 0.2) is 10.9 Å². The van der Waals surface area contributed by atoms with Crippen LogP contribution >= 0.6 is 11.3 Å². The van der Waals surface area contributed by atoms with Crippen LogP contribution < -0.4 is 5.32 Å². The summed E-state index contributed by atoms with van der Waals surface area (Å²) in [6, 6.07) is 0.715. The molecule has 2 saturated heterocycles. The van der Waals surface area contributed by atoms with Crippen molar-refractivity contribution in [1.29, 1.82) is 0 Å². The second-order valence-electron chi connectivity index (χ2n) is 8.97. The van der Waals surface area contributed by atoms with Crippen molar-refractivity contribution in [1.82, 2.24) is 29.9 Å². The number of thiazole rings is 1. The van der Waals surface area contributed by atoms with E-state index in [1.54, 1.807) is 10.9 Å². The summed E-state index contributed by atoms with van der Waals surface area (Å²) in [5.74, 6) is 0.180. The molecular formula is C20H27N7O2S. The van der Waals surface area contributed by atoms with Gasteiger partial charge in [0.25, 0.3) is 5.91 Å². The zero-order chi connectivity index (χ0) is 21.0. The molecule has 0 aliphatic carbocycles. The molecule has 2 atom stereocenters. The fourth-order valence-electron chi connectivity index (χ4n) is 5.03. The van der Waals surface area contributed by atoms with Gasteiger partial charge in [0, 0.05) is 36.1 Å². The molecule has 0 aromatic carbocycles. The highest BCUT2D eigenvalue weighted by Crippen LogP contribution is 2.41. The summed E-state index contributed by atoms with van der Waals surface area (Å²) in [5.41, 5.74) is 3.19. The minimum absolute atomic E-state index is 0.0560. The van der Waals surface area contributed by atoms with Crippen LogP contribution in [0.1, 0.15) is 55.4 Å². The molecule has 0 spiro atoms. The quantitative estimate of drug-likeness (QED) is 0.764. The number of aromatic nitrogens is 3. The first kappa shape index (κ1) is 19.5. The van der Waals surface area contributed by atoms with Crippen molar-refractivity contribution in [3.63, 3.8) is 0 Å². The maximum atomic E-state index is 13.6. The molecule has 3 amide bonds. The van der Waals surface area contributed by atoms with Crippen LogP contribution in [0.25, 0.3) is 0 Å². The number of hydrogen-bond donors (Lipinski definition) is 2. The van der Waals surface area contributed by atoms with E-state index < -0.39 is 5.54 Å². The Morgan fingerprint density at radius 2 is 2.17 bits per heavy atom. The normalized spacial score (nSPS) is 25.3. The highest BCUT2D eigenvalue weighted by atomic mass is 32.1. The molecule has 3 aliphatic heterocycles. The highest BCUT2D eigenvalue weighted by Gasteiger charge is 2.47. The van der Waals surface area contributed by atoms with Gasteiger partial charge < -0.3 is 15.1 Å². The fourth-order valence-corrected chi connectivity index (χ4v) is 5.56. The number of rotatable bonds is 2. The number of amides is 3. The molecule has 2 N–H and O–H groups in total. The standard InChI is InChI=1S/C20H27N7O2S/c1-12-7-25-6-4-5-13(25)8-26(12)19(29)27-9-14-16(20(27,2)3)23-24-17(14)22-18(28)15-10-30-11-21-15/h10-13H,4-9H2,1-3H3,(H2,22,23,24,28)/t12-,13-/m0/s1. The van der Waals surface area contributed by atoms with Crippen LogP contribution in [0.3, 0.4) is 0 Å². The molecule has 5 heterocycles. The SMILES string of the molecule is C[C@H]1CN2CCC[C@H]2CN1C(=O)N1Cc2c(NC(=O)c3cscn3)n[nH]c2C1(C)C. The predicted octanol–water partition coefficient (Wildman–Crippen LogP) is 2.46. The van der Waals surface area contributed by atoms with Crippen LogP contribution in [0.4, 0.5) is 10.6 Å². The van der Waals surface area contributed by atoms with E-state index in [0.29, 0.717) is 24.1 Å². The molecule has 0 bridgehead atoms. The van der Waals surface area contributed by atoms with Crippen molar-refractivity contribution in [3.8, 4) is 0 Å². The largest absolute Gasteiger partial charge is 0.321 e. The van der Waals surface area contributed by atoms with Gasteiger partial charge in [0.2, 0.25) is 0 Å². The third kappa shape index (κ3) is 3.01. The number of urea groups is 1. The van der Waals surface area contributed by atoms with Gasteiger partial charge in [-0.1, -0.05) is 0 Å². The number of H-pyrrole nitrogens is 1. The number of anilines is 1. The van der Waals surface area contributed by atoms with Crippen molar-refractivity contribution in [3.05, 3.63) is 27.8 Å². The molecule has 9 nitrogen and oxygen atoms in total. The Kier molecular flexibility index (Phi) is 4.59. The van der Waals surface area contributed by atoms with Gasteiger partial charge in [0.1, 0.15) is 5.69 Å². The molecule has 2 aromatic heterocycles. The van der Waals surface area contributed by atoms with Crippen LogP contribution in [-0.2, 0) is 12.1 Å². The molecular weight excluding hydrogens is 402 g/mol. The smallest absolute Gasteiger partial charge is 0.319 e. The Bertz CT molecular complexity index is 970. The maximum absolute atomic E-state index is 13.6. The van der Waals surface area contributed by atoms with E-state index in [-0.39, 0.29) is 18.0 Å². The molecule has 160 valence electrons. The monoisotopic (exact) mass is 429 g/mol. The molecule has 5 rings (SSSR count). The Balaban J connectivity index is 1.36. The summed E-state index contributed by atoms with van der Waals surface area (Å²) in [6.45, 7) is 9.47. The first-order chi connectivity index (χ1) is 14.4. The number of carbonyl (C=O) groups excluding carboxylic acids is 2. The summed E-state index contributed by atoms with van der Waals surface area (Å²) < 4.78 is 0. The molecule has 10 heteroatoms. The van der Waals surface area contributed by atoms with Gasteiger partial charge in [-0.15, -0.1) is 11.3 Å². The number of fused-ring (bicyclic) bond motifs is 2. The average Bonchev–Trinajstić information content (AvgIpc) is 3.47. The molecule has 3 aliphatic rings.